The Kier molecular flexibility index (Phi) is 18.3. The van der Waals surface area contributed by atoms with Crippen molar-refractivity contribution in [1.29, 1.82) is 0 Å². The Labute approximate surface area is 386 Å². The number of hydrogen-bond acceptors (Lipinski definition) is 24. The lowest BCUT2D eigenvalue weighted by atomic mass is 10.2. The topological polar surface area (TPSA) is 399 Å². The van der Waals surface area contributed by atoms with Crippen LogP contribution in [0.1, 0.15) is 12.8 Å². The maximum absolute atomic E-state index is 11.5. The lowest BCUT2D eigenvalue weighted by molar-refractivity contribution is -0.432. The van der Waals surface area contributed by atoms with E-state index in [1.54, 1.807) is 24.3 Å². The summed E-state index contributed by atoms with van der Waals surface area (Å²) >= 11 is 0.741. The first-order valence-electron chi connectivity index (χ1n) is 18.7. The van der Waals surface area contributed by atoms with Crippen LogP contribution >= 0.6 is 12.0 Å². The van der Waals surface area contributed by atoms with Gasteiger partial charge >= 0.3 is 0 Å². The van der Waals surface area contributed by atoms with Crippen LogP contribution in [0.25, 0.3) is 0 Å². The molecule has 0 spiro atoms. The summed E-state index contributed by atoms with van der Waals surface area (Å²) in [5.74, 6) is -2.47. The number of anilines is 5. The predicted molar refractivity (Wildman–Crippen MR) is 239 cm³/mol. The summed E-state index contributed by atoms with van der Waals surface area (Å²) < 4.78 is 144. The smallest absolute Gasteiger partial charge is 0.294 e. The fourth-order valence-electron chi connectivity index (χ4n) is 5.08. The Balaban J connectivity index is 1.47. The number of nitrogens with one attached hydrogen (secondary N) is 3. The average Bonchev–Trinajstić information content (AvgIpc) is 3.25. The molecule has 4 aromatic carbocycles. The van der Waals surface area contributed by atoms with E-state index in [0.29, 0.717) is 10.6 Å². The Morgan fingerprint density at radius 2 is 0.955 bits per heavy atom. The molecule has 0 saturated carbocycles. The molecule has 360 valence electrons. The van der Waals surface area contributed by atoms with Gasteiger partial charge in [-0.05, 0) is 85.6 Å². The maximum Gasteiger partial charge on any atom is 0.294 e. The van der Waals surface area contributed by atoms with Gasteiger partial charge in [0.2, 0.25) is 17.8 Å². The minimum Gasteiger partial charge on any atom is -0.491 e. The van der Waals surface area contributed by atoms with Crippen LogP contribution in [-0.2, 0) is 49.8 Å². The molecule has 5 rings (SSSR count). The predicted octanol–water partition coefficient (Wildman–Crippen LogP) is 6.48. The highest BCUT2D eigenvalue weighted by molar-refractivity contribution is 7.94. The van der Waals surface area contributed by atoms with Gasteiger partial charge in [-0.2, -0.15) is 69.1 Å². The number of benzene rings is 4. The number of rotatable bonds is 26. The minimum absolute atomic E-state index is 0.0368. The molecule has 0 amide bonds. The number of hydrogen-bond donors (Lipinski definition) is 8. The summed E-state index contributed by atoms with van der Waals surface area (Å²) in [4.78, 5) is 13.2. The van der Waals surface area contributed by atoms with Gasteiger partial charge in [0.1, 0.15) is 11.5 Å². The van der Waals surface area contributed by atoms with Crippen molar-refractivity contribution in [2.45, 2.75) is 22.6 Å². The van der Waals surface area contributed by atoms with Gasteiger partial charge in [-0.15, -0.1) is 4.33 Å². The van der Waals surface area contributed by atoms with E-state index in [0.717, 1.165) is 24.2 Å². The van der Waals surface area contributed by atoms with Gasteiger partial charge < -0.3 is 25.4 Å². The first-order valence-corrected chi connectivity index (χ1v) is 25.7. The van der Waals surface area contributed by atoms with Crippen molar-refractivity contribution in [3.8, 4) is 11.5 Å². The lowest BCUT2D eigenvalue weighted by Crippen LogP contribution is -2.17. The van der Waals surface area contributed by atoms with Crippen molar-refractivity contribution < 1.29 is 76.0 Å². The second-order valence-corrected chi connectivity index (χ2v) is 20.1. The molecule has 27 nitrogen and oxygen atoms in total. The zero-order valence-electron chi connectivity index (χ0n) is 34.0. The molecular weight excluding hydrogens is 993 g/mol. The molecule has 1 heterocycles. The summed E-state index contributed by atoms with van der Waals surface area (Å²) in [6, 6.07) is 20.0. The van der Waals surface area contributed by atoms with E-state index in [2.05, 4.69) is 60.7 Å². The van der Waals surface area contributed by atoms with Crippen LogP contribution in [0.4, 0.5) is 52.0 Å². The van der Waals surface area contributed by atoms with Crippen LogP contribution in [0.15, 0.2) is 115 Å². The zero-order chi connectivity index (χ0) is 48.7. The van der Waals surface area contributed by atoms with Crippen molar-refractivity contribution in [3.63, 3.8) is 0 Å². The van der Waals surface area contributed by atoms with Gasteiger partial charge in [0.25, 0.3) is 40.5 Å². The van der Waals surface area contributed by atoms with E-state index in [4.69, 9.17) is 14.7 Å². The van der Waals surface area contributed by atoms with Crippen LogP contribution in [0, 0.1) is 0 Å². The third-order valence-electron chi connectivity index (χ3n) is 8.00. The Morgan fingerprint density at radius 1 is 0.537 bits per heavy atom. The van der Waals surface area contributed by atoms with Crippen LogP contribution in [-0.4, -0.2) is 109 Å². The number of aromatic nitrogens is 3. The van der Waals surface area contributed by atoms with Crippen LogP contribution in [0.2, 0.25) is 0 Å². The van der Waals surface area contributed by atoms with E-state index in [-0.39, 0.29) is 95.3 Å². The molecule has 0 bridgehead atoms. The SMILES string of the molecule is O=S(=O)(O)CCCOc1cc(N=Nc2ccc(SOOO)cc2)ccc1Nc1nc(NCCS(=O)(=O)O)nc(Nc2ccc(N=Nc3ccc(S(=O)(=O)O)cc3)cc2OCCCS(=O)(=O)O)n1. The molecule has 5 aromatic rings. The third kappa shape index (κ3) is 19.0. The Hall–Kier alpha value is -6.04. The van der Waals surface area contributed by atoms with Crippen molar-refractivity contribution in [3.05, 3.63) is 84.9 Å². The van der Waals surface area contributed by atoms with Crippen molar-refractivity contribution in [2.24, 2.45) is 20.5 Å². The molecule has 0 aliphatic carbocycles. The quantitative estimate of drug-likeness (QED) is 0.00733. The summed E-state index contributed by atoms with van der Waals surface area (Å²) in [5.41, 5.74) is 1.41. The highest BCUT2D eigenvalue weighted by Gasteiger charge is 2.16. The largest absolute Gasteiger partial charge is 0.491 e. The number of nitrogens with zero attached hydrogens (tertiary/aromatic N) is 7. The molecule has 32 heteroatoms. The van der Waals surface area contributed by atoms with Crippen LogP contribution in [0.3, 0.4) is 0 Å². The van der Waals surface area contributed by atoms with E-state index in [9.17, 15) is 51.9 Å². The van der Waals surface area contributed by atoms with Crippen molar-refractivity contribution in [2.75, 3.05) is 53.0 Å². The molecule has 0 fully saturated rings. The van der Waals surface area contributed by atoms with E-state index < -0.39 is 57.7 Å². The summed E-state index contributed by atoms with van der Waals surface area (Å²) in [7, 11) is -17.5. The first-order chi connectivity index (χ1) is 31.6. The highest BCUT2D eigenvalue weighted by atomic mass is 32.2. The molecule has 8 N–H and O–H groups in total. The van der Waals surface area contributed by atoms with Gasteiger partial charge in [-0.3, -0.25) is 18.2 Å². The third-order valence-corrected chi connectivity index (χ3v) is 11.8. The first kappa shape index (κ1) is 51.9. The number of azo groups is 2. The summed E-state index contributed by atoms with van der Waals surface area (Å²) in [5, 5.41) is 37.1. The molecular formula is C35H38N10O17S5. The molecule has 1 aromatic heterocycles. The van der Waals surface area contributed by atoms with Gasteiger partial charge in [0.15, 0.2) is 0 Å². The maximum atomic E-state index is 11.5. The summed E-state index contributed by atoms with van der Waals surface area (Å²) in [6.45, 7) is -0.803. The molecule has 0 aliphatic rings. The minimum atomic E-state index is -4.45. The van der Waals surface area contributed by atoms with Gasteiger partial charge in [-0.25, -0.2) is 5.26 Å². The normalized spacial score (nSPS) is 12.4. The Morgan fingerprint density at radius 3 is 1.39 bits per heavy atom. The zero-order valence-corrected chi connectivity index (χ0v) is 38.1. The average molecular weight is 1030 g/mol. The second-order valence-electron chi connectivity index (χ2n) is 13.2. The highest BCUT2D eigenvalue weighted by Crippen LogP contribution is 2.35. The lowest BCUT2D eigenvalue weighted by Gasteiger charge is -2.16. The van der Waals surface area contributed by atoms with Gasteiger partial charge in [-0.1, -0.05) is 5.04 Å². The standard InChI is InChI=1S/C35H38N10O17S5/c46-61-62-63-27-9-3-23(4-10-27)42-44-25-7-13-29(31(21-25)59-16-1-18-64(47,48)49)37-34-39-33(36-15-20-66(53,54)55)40-35(41-34)38-30-14-8-26(22-32(30)60-17-2-19-65(50,51)52)45-43-24-5-11-28(12-6-24)67(56,57)58/h3-14,21-22,46H,1-2,15-20H2,(H,47,48,49)(H,50,51,52)(H,53,54,55)(H,56,57,58)(H3,36,37,38,39,40,41). The molecule has 0 radical (unpaired) electrons. The molecule has 67 heavy (non-hydrogen) atoms. The molecule has 0 aliphatic heterocycles. The fraction of sp³-hybridized carbons (Fsp3) is 0.229. The van der Waals surface area contributed by atoms with Gasteiger partial charge in [0, 0.05) is 23.6 Å². The van der Waals surface area contributed by atoms with Crippen molar-refractivity contribution in [1.82, 2.24) is 15.0 Å². The fourth-order valence-corrected chi connectivity index (χ4v) is 7.24. The summed E-state index contributed by atoms with van der Waals surface area (Å²) in [6.07, 6.45) is -0.262. The molecule has 0 saturated heterocycles. The molecule has 0 unspecified atom stereocenters. The molecule has 0 atom stereocenters. The van der Waals surface area contributed by atoms with E-state index >= 15 is 0 Å². The van der Waals surface area contributed by atoms with Crippen LogP contribution < -0.4 is 25.4 Å². The second kappa shape index (κ2) is 23.6. The Bertz CT molecular complexity index is 3010. The monoisotopic (exact) mass is 1030 g/mol. The van der Waals surface area contributed by atoms with Gasteiger partial charge in [0.05, 0.1) is 81.5 Å². The van der Waals surface area contributed by atoms with E-state index in [1.807, 2.05) is 0 Å². The number of ether oxygens (including phenoxy) is 2. The van der Waals surface area contributed by atoms with Crippen LogP contribution in [0.5, 0.6) is 11.5 Å². The van der Waals surface area contributed by atoms with Crippen molar-refractivity contribution >= 4 is 104 Å². The van der Waals surface area contributed by atoms with E-state index in [1.165, 1.54) is 48.5 Å².